The van der Waals surface area contributed by atoms with Crippen LogP contribution in [0.5, 0.6) is 0 Å². The zero-order valence-electron chi connectivity index (χ0n) is 14.5. The molecule has 1 aliphatic rings. The number of H-pyrrole nitrogens is 1. The fourth-order valence-corrected chi connectivity index (χ4v) is 3.58. The Morgan fingerprint density at radius 2 is 2.04 bits per heavy atom. The first-order chi connectivity index (χ1) is 12.7. The highest BCUT2D eigenvalue weighted by atomic mass is 19.1. The zero-order chi connectivity index (χ0) is 17.9. The monoisotopic (exact) mass is 351 g/mol. The van der Waals surface area contributed by atoms with E-state index < -0.39 is 0 Å². The SMILES string of the molecule is O=C(NC[C@H]1CCCNC1)c1ccc(-c2c[nH]c3cc(F)ccc23)cc1. The number of piperidine rings is 1. The molecule has 0 aliphatic carbocycles. The van der Waals surface area contributed by atoms with E-state index >= 15 is 0 Å². The predicted molar refractivity (Wildman–Crippen MR) is 102 cm³/mol. The summed E-state index contributed by atoms with van der Waals surface area (Å²) in [5, 5.41) is 7.36. The normalized spacial score (nSPS) is 17.3. The van der Waals surface area contributed by atoms with Crippen LogP contribution in [-0.4, -0.2) is 30.5 Å². The highest BCUT2D eigenvalue weighted by molar-refractivity contribution is 5.97. The van der Waals surface area contributed by atoms with Gasteiger partial charge in [0.1, 0.15) is 5.82 Å². The van der Waals surface area contributed by atoms with Gasteiger partial charge in [0.2, 0.25) is 0 Å². The summed E-state index contributed by atoms with van der Waals surface area (Å²) >= 11 is 0. The molecule has 0 spiro atoms. The Balaban J connectivity index is 1.46. The quantitative estimate of drug-likeness (QED) is 0.671. The number of hydrogen-bond donors (Lipinski definition) is 3. The molecule has 5 heteroatoms. The molecule has 0 saturated carbocycles. The molecule has 1 aromatic heterocycles. The minimum atomic E-state index is -0.258. The van der Waals surface area contributed by atoms with E-state index in [0.29, 0.717) is 18.0 Å². The third-order valence-electron chi connectivity index (χ3n) is 5.05. The number of aromatic nitrogens is 1. The number of carbonyl (C=O) groups is 1. The van der Waals surface area contributed by atoms with Gasteiger partial charge in [-0.15, -0.1) is 0 Å². The summed E-state index contributed by atoms with van der Waals surface area (Å²) in [6, 6.07) is 12.3. The molecule has 2 heterocycles. The fraction of sp³-hybridized carbons (Fsp3) is 0.286. The standard InChI is InChI=1S/C21H22FN3O/c22-17-7-8-18-19(13-24-20(18)10-17)15-3-5-16(6-4-15)21(26)25-12-14-2-1-9-23-11-14/h3-8,10,13-14,23-24H,1-2,9,11-12H2,(H,25,26)/t14-/m0/s1. The molecule has 1 fully saturated rings. The van der Waals surface area contributed by atoms with Gasteiger partial charge in [-0.25, -0.2) is 4.39 Å². The molecule has 0 bridgehead atoms. The number of rotatable bonds is 4. The molecule has 1 aliphatic heterocycles. The van der Waals surface area contributed by atoms with Crippen molar-refractivity contribution in [1.29, 1.82) is 0 Å². The number of halogens is 1. The lowest BCUT2D eigenvalue weighted by Gasteiger charge is -2.22. The van der Waals surface area contributed by atoms with Crippen molar-refractivity contribution in [2.45, 2.75) is 12.8 Å². The van der Waals surface area contributed by atoms with Gasteiger partial charge < -0.3 is 15.6 Å². The average molecular weight is 351 g/mol. The first kappa shape index (κ1) is 16.8. The molecule has 1 atom stereocenters. The molecule has 3 aromatic rings. The lowest BCUT2D eigenvalue weighted by atomic mass is 9.99. The van der Waals surface area contributed by atoms with Gasteiger partial charge in [0, 0.05) is 34.8 Å². The maximum Gasteiger partial charge on any atom is 0.251 e. The van der Waals surface area contributed by atoms with E-state index in [1.807, 2.05) is 30.5 Å². The lowest BCUT2D eigenvalue weighted by molar-refractivity contribution is 0.0945. The summed E-state index contributed by atoms with van der Waals surface area (Å²) in [6.45, 7) is 2.76. The number of amides is 1. The summed E-state index contributed by atoms with van der Waals surface area (Å²) in [4.78, 5) is 15.5. The summed E-state index contributed by atoms with van der Waals surface area (Å²) in [6.07, 6.45) is 4.20. The zero-order valence-corrected chi connectivity index (χ0v) is 14.5. The number of aromatic amines is 1. The topological polar surface area (TPSA) is 56.9 Å². The maximum atomic E-state index is 13.3. The summed E-state index contributed by atoms with van der Waals surface area (Å²) < 4.78 is 13.3. The maximum absolute atomic E-state index is 13.3. The molecule has 2 aromatic carbocycles. The highest BCUT2D eigenvalue weighted by Crippen LogP contribution is 2.29. The molecular weight excluding hydrogens is 329 g/mol. The molecule has 1 amide bonds. The van der Waals surface area contributed by atoms with Crippen LogP contribution in [0, 0.1) is 11.7 Å². The number of nitrogens with one attached hydrogen (secondary N) is 3. The molecule has 3 N–H and O–H groups in total. The Morgan fingerprint density at radius 1 is 1.19 bits per heavy atom. The van der Waals surface area contributed by atoms with E-state index in [2.05, 4.69) is 15.6 Å². The largest absolute Gasteiger partial charge is 0.360 e. The molecule has 134 valence electrons. The Bertz CT molecular complexity index is 911. The number of fused-ring (bicyclic) bond motifs is 1. The van der Waals surface area contributed by atoms with Crippen molar-refractivity contribution in [2.75, 3.05) is 19.6 Å². The van der Waals surface area contributed by atoms with Gasteiger partial charge in [0.05, 0.1) is 0 Å². The third kappa shape index (κ3) is 3.48. The highest BCUT2D eigenvalue weighted by Gasteiger charge is 2.15. The number of benzene rings is 2. The van der Waals surface area contributed by atoms with Crippen molar-refractivity contribution >= 4 is 16.8 Å². The Hall–Kier alpha value is -2.66. The first-order valence-electron chi connectivity index (χ1n) is 9.07. The van der Waals surface area contributed by atoms with Crippen LogP contribution < -0.4 is 10.6 Å². The van der Waals surface area contributed by atoms with Crippen molar-refractivity contribution in [1.82, 2.24) is 15.6 Å². The minimum Gasteiger partial charge on any atom is -0.360 e. The van der Waals surface area contributed by atoms with Crippen LogP contribution >= 0.6 is 0 Å². The second kappa shape index (κ2) is 7.30. The Morgan fingerprint density at radius 3 is 2.81 bits per heavy atom. The summed E-state index contributed by atoms with van der Waals surface area (Å²) in [5.74, 6) is 0.216. The molecule has 0 radical (unpaired) electrons. The molecule has 4 rings (SSSR count). The van der Waals surface area contributed by atoms with Crippen LogP contribution in [0.1, 0.15) is 23.2 Å². The first-order valence-corrected chi connectivity index (χ1v) is 9.07. The van der Waals surface area contributed by atoms with E-state index in [0.717, 1.165) is 41.5 Å². The predicted octanol–water partition coefficient (Wildman–Crippen LogP) is 3.70. The summed E-state index contributed by atoms with van der Waals surface area (Å²) in [5.41, 5.74) is 3.42. The third-order valence-corrected chi connectivity index (χ3v) is 5.05. The molecule has 4 nitrogen and oxygen atoms in total. The van der Waals surface area contributed by atoms with Crippen LogP contribution in [0.3, 0.4) is 0 Å². The van der Waals surface area contributed by atoms with Gasteiger partial charge in [-0.2, -0.15) is 0 Å². The average Bonchev–Trinajstić information content (AvgIpc) is 3.10. The fourth-order valence-electron chi connectivity index (χ4n) is 3.58. The second-order valence-electron chi connectivity index (χ2n) is 6.89. The van der Waals surface area contributed by atoms with Crippen LogP contribution in [-0.2, 0) is 0 Å². The van der Waals surface area contributed by atoms with Crippen molar-refractivity contribution in [3.63, 3.8) is 0 Å². The van der Waals surface area contributed by atoms with Crippen molar-refractivity contribution in [3.05, 3.63) is 60.0 Å². The van der Waals surface area contributed by atoms with Crippen LogP contribution in [0.15, 0.2) is 48.7 Å². The minimum absolute atomic E-state index is 0.0388. The molecule has 1 saturated heterocycles. The number of hydrogen-bond acceptors (Lipinski definition) is 2. The van der Waals surface area contributed by atoms with Crippen LogP contribution in [0.25, 0.3) is 22.0 Å². The van der Waals surface area contributed by atoms with Crippen LogP contribution in [0.2, 0.25) is 0 Å². The molecule has 26 heavy (non-hydrogen) atoms. The Kier molecular flexibility index (Phi) is 4.71. The van der Waals surface area contributed by atoms with Crippen molar-refractivity contribution < 1.29 is 9.18 Å². The molecule has 0 unspecified atom stereocenters. The van der Waals surface area contributed by atoms with E-state index in [4.69, 9.17) is 0 Å². The van der Waals surface area contributed by atoms with E-state index in [9.17, 15) is 9.18 Å². The van der Waals surface area contributed by atoms with Gasteiger partial charge in [0.15, 0.2) is 0 Å². The van der Waals surface area contributed by atoms with Crippen molar-refractivity contribution in [3.8, 4) is 11.1 Å². The van der Waals surface area contributed by atoms with Gasteiger partial charge in [0.25, 0.3) is 5.91 Å². The molecular formula is C21H22FN3O. The van der Waals surface area contributed by atoms with Gasteiger partial charge in [-0.3, -0.25) is 4.79 Å². The summed E-state index contributed by atoms with van der Waals surface area (Å²) in [7, 11) is 0. The Labute approximate surface area is 151 Å². The van der Waals surface area contributed by atoms with Crippen molar-refractivity contribution in [2.24, 2.45) is 5.92 Å². The van der Waals surface area contributed by atoms with Gasteiger partial charge in [-0.1, -0.05) is 12.1 Å². The van der Waals surface area contributed by atoms with Gasteiger partial charge in [-0.05, 0) is 67.7 Å². The van der Waals surface area contributed by atoms with E-state index in [-0.39, 0.29) is 11.7 Å². The van der Waals surface area contributed by atoms with Crippen LogP contribution in [0.4, 0.5) is 4.39 Å². The number of carbonyl (C=O) groups excluding carboxylic acids is 1. The second-order valence-corrected chi connectivity index (χ2v) is 6.89. The van der Waals surface area contributed by atoms with E-state index in [1.54, 1.807) is 6.07 Å². The van der Waals surface area contributed by atoms with E-state index in [1.165, 1.54) is 18.6 Å². The van der Waals surface area contributed by atoms with Gasteiger partial charge >= 0.3 is 0 Å². The smallest absolute Gasteiger partial charge is 0.251 e. The lowest BCUT2D eigenvalue weighted by Crippen LogP contribution is -2.38.